The van der Waals surface area contributed by atoms with Crippen molar-refractivity contribution in [3.05, 3.63) is 54.6 Å². The lowest BCUT2D eigenvalue weighted by molar-refractivity contribution is 0.333. The van der Waals surface area contributed by atoms with Crippen molar-refractivity contribution in [1.29, 1.82) is 0 Å². The van der Waals surface area contributed by atoms with Crippen LogP contribution in [0.5, 0.6) is 34.5 Å². The molecule has 0 saturated carbocycles. The summed E-state index contributed by atoms with van der Waals surface area (Å²) in [5.41, 5.74) is 0.687. The number of hydrogen-bond acceptors (Lipinski definition) is 10. The van der Waals surface area contributed by atoms with Crippen molar-refractivity contribution in [3.8, 4) is 68.7 Å². The van der Waals surface area contributed by atoms with E-state index in [9.17, 15) is 25.5 Å². The zero-order valence-electron chi connectivity index (χ0n) is 15.8. The van der Waals surface area contributed by atoms with Crippen molar-refractivity contribution in [2.45, 2.75) is 0 Å². The number of hydrogen-bond donors (Lipinski definition) is 6. The van der Waals surface area contributed by atoms with Crippen LogP contribution in [0.4, 0.5) is 0 Å². The second-order valence-corrected chi connectivity index (χ2v) is 6.51. The smallest absolute Gasteiger partial charge is 0.167 e. The van der Waals surface area contributed by atoms with E-state index in [1.54, 1.807) is 0 Å². The minimum Gasteiger partial charge on any atom is -0.508 e. The Balaban J connectivity index is 1.99. The van der Waals surface area contributed by atoms with Gasteiger partial charge in [-0.3, -0.25) is 0 Å². The summed E-state index contributed by atoms with van der Waals surface area (Å²) >= 11 is 0. The van der Waals surface area contributed by atoms with Gasteiger partial charge >= 0.3 is 0 Å². The maximum absolute atomic E-state index is 10.3. The van der Waals surface area contributed by atoms with Crippen LogP contribution >= 0.6 is 0 Å². The molecule has 156 valence electrons. The summed E-state index contributed by atoms with van der Waals surface area (Å²) < 4.78 is 0. The largest absolute Gasteiger partial charge is 0.508 e. The Bertz CT molecular complexity index is 1230. The number of aromatic nitrogens is 3. The van der Waals surface area contributed by atoms with E-state index in [0.29, 0.717) is 5.56 Å². The van der Waals surface area contributed by atoms with Gasteiger partial charge in [-0.1, -0.05) is 0 Å². The van der Waals surface area contributed by atoms with Gasteiger partial charge in [-0.15, -0.1) is 0 Å². The first kappa shape index (κ1) is 19.7. The van der Waals surface area contributed by atoms with Crippen molar-refractivity contribution in [2.75, 3.05) is 0 Å². The molecule has 0 aliphatic rings. The summed E-state index contributed by atoms with van der Waals surface area (Å²) in [5, 5.41) is 49.4. The fourth-order valence-electron chi connectivity index (χ4n) is 2.95. The molecule has 0 atom stereocenters. The maximum atomic E-state index is 10.3. The highest BCUT2D eigenvalue weighted by atomic mass is 16.6. The maximum Gasteiger partial charge on any atom is 0.167 e. The summed E-state index contributed by atoms with van der Waals surface area (Å²) in [7, 11) is 0. The molecule has 0 unspecified atom stereocenters. The van der Waals surface area contributed by atoms with E-state index >= 15 is 0 Å². The summed E-state index contributed by atoms with van der Waals surface area (Å²) in [6, 6.07) is 11.9. The average molecular weight is 420 g/mol. The van der Waals surface area contributed by atoms with E-state index in [4.69, 9.17) is 10.7 Å². The van der Waals surface area contributed by atoms with E-state index < -0.39 is 0 Å². The quantitative estimate of drug-likeness (QED) is 0.269. The molecule has 10 nitrogen and oxygen atoms in total. The van der Waals surface area contributed by atoms with E-state index in [1.807, 2.05) is 0 Å². The average Bonchev–Trinajstić information content (AvgIpc) is 2.73. The highest BCUT2D eigenvalue weighted by Crippen LogP contribution is 2.37. The molecular weight excluding hydrogens is 404 g/mol. The minimum atomic E-state index is -0.279. The first-order chi connectivity index (χ1) is 14.9. The Morgan fingerprint density at radius 3 is 1.35 bits per heavy atom. The van der Waals surface area contributed by atoms with Gasteiger partial charge in [0.25, 0.3) is 0 Å². The fourth-order valence-corrected chi connectivity index (χ4v) is 2.95. The molecule has 7 N–H and O–H groups in total. The number of rotatable bonds is 4. The first-order valence-corrected chi connectivity index (χ1v) is 8.86. The zero-order chi connectivity index (χ0) is 22.1. The lowest BCUT2D eigenvalue weighted by Gasteiger charge is -2.12. The van der Waals surface area contributed by atoms with Crippen LogP contribution in [0.3, 0.4) is 0 Å². The normalized spacial score (nSPS) is 10.7. The van der Waals surface area contributed by atoms with Gasteiger partial charge in [0.1, 0.15) is 28.7 Å². The topological polar surface area (TPSA) is 175 Å². The zero-order valence-corrected chi connectivity index (χ0v) is 15.8. The second kappa shape index (κ2) is 7.69. The van der Waals surface area contributed by atoms with E-state index in [1.165, 1.54) is 42.5 Å². The third-order valence-corrected chi connectivity index (χ3v) is 4.41. The predicted molar refractivity (Wildman–Crippen MR) is 109 cm³/mol. The van der Waals surface area contributed by atoms with Crippen LogP contribution in [-0.2, 0) is 0 Å². The lowest BCUT2D eigenvalue weighted by atomic mass is 10.1. The highest BCUT2D eigenvalue weighted by molar-refractivity contribution is 5.74. The van der Waals surface area contributed by atoms with Crippen LogP contribution in [0.1, 0.15) is 0 Å². The number of nitrogens with two attached hydrogens (primary N) is 1. The van der Waals surface area contributed by atoms with Gasteiger partial charge in [-0.25, -0.2) is 15.0 Å². The molecule has 31 heavy (non-hydrogen) atoms. The van der Waals surface area contributed by atoms with Crippen LogP contribution in [0.25, 0.3) is 34.2 Å². The van der Waals surface area contributed by atoms with Gasteiger partial charge in [-0.2, -0.15) is 5.90 Å². The molecule has 0 aliphatic carbocycles. The van der Waals surface area contributed by atoms with Crippen molar-refractivity contribution in [2.24, 2.45) is 5.90 Å². The van der Waals surface area contributed by atoms with Crippen molar-refractivity contribution < 1.29 is 30.4 Å². The van der Waals surface area contributed by atoms with Gasteiger partial charge < -0.3 is 30.4 Å². The first-order valence-electron chi connectivity index (χ1n) is 8.86. The van der Waals surface area contributed by atoms with Gasteiger partial charge in [0, 0.05) is 18.2 Å². The van der Waals surface area contributed by atoms with Crippen LogP contribution in [0.15, 0.2) is 54.6 Å². The monoisotopic (exact) mass is 420 g/mol. The molecule has 0 saturated heterocycles. The number of aromatic hydroxyl groups is 5. The SMILES string of the molecule is NOc1cc(O)ccc1-c1nc(-c2ccc(O)cc2O)nc(-c2ccc(O)cc2O)n1. The Hall–Kier alpha value is -4.57. The molecule has 0 aliphatic heterocycles. The molecule has 0 bridgehead atoms. The number of benzene rings is 3. The number of phenols is 5. The van der Waals surface area contributed by atoms with Gasteiger partial charge in [0.2, 0.25) is 0 Å². The molecule has 3 aromatic carbocycles. The summed E-state index contributed by atoms with van der Waals surface area (Å²) in [5.74, 6) is 4.58. The molecule has 0 spiro atoms. The minimum absolute atomic E-state index is 0.0287. The molecule has 1 heterocycles. The highest BCUT2D eigenvalue weighted by Gasteiger charge is 2.19. The molecular formula is C21H16N4O6. The predicted octanol–water partition coefficient (Wildman–Crippen LogP) is 2.65. The van der Waals surface area contributed by atoms with Crippen molar-refractivity contribution >= 4 is 0 Å². The summed E-state index contributed by atoms with van der Waals surface area (Å²) in [4.78, 5) is 17.9. The van der Waals surface area contributed by atoms with Gasteiger partial charge in [-0.05, 0) is 36.4 Å². The molecule has 4 aromatic rings. The van der Waals surface area contributed by atoms with Crippen molar-refractivity contribution in [1.82, 2.24) is 15.0 Å². The Kier molecular flexibility index (Phi) is 4.89. The van der Waals surface area contributed by atoms with Gasteiger partial charge in [0.05, 0.1) is 16.7 Å². The Labute approximate surface area is 175 Å². The molecule has 0 amide bonds. The molecule has 1 aromatic heterocycles. The molecule has 10 heteroatoms. The number of phenolic OH excluding ortho intramolecular Hbond substituents is 5. The third kappa shape index (κ3) is 3.82. The van der Waals surface area contributed by atoms with E-state index in [0.717, 1.165) is 12.1 Å². The number of nitrogens with zero attached hydrogens (tertiary/aromatic N) is 3. The Morgan fingerprint density at radius 1 is 0.548 bits per heavy atom. The van der Waals surface area contributed by atoms with Crippen LogP contribution in [0.2, 0.25) is 0 Å². The lowest BCUT2D eigenvalue weighted by Crippen LogP contribution is -2.05. The molecule has 4 rings (SSSR count). The molecule has 0 radical (unpaired) electrons. The van der Waals surface area contributed by atoms with Crippen LogP contribution < -0.4 is 10.7 Å². The molecule has 0 fully saturated rings. The van der Waals surface area contributed by atoms with Crippen molar-refractivity contribution in [3.63, 3.8) is 0 Å². The Morgan fingerprint density at radius 2 is 0.935 bits per heavy atom. The fraction of sp³-hybridized carbons (Fsp3) is 0. The van der Waals surface area contributed by atoms with E-state index in [2.05, 4.69) is 15.0 Å². The van der Waals surface area contributed by atoms with E-state index in [-0.39, 0.29) is 63.1 Å². The van der Waals surface area contributed by atoms with Crippen LogP contribution in [0, 0.1) is 0 Å². The second-order valence-electron chi connectivity index (χ2n) is 6.51. The van der Waals surface area contributed by atoms with Crippen LogP contribution in [-0.4, -0.2) is 40.5 Å². The van der Waals surface area contributed by atoms with Gasteiger partial charge in [0.15, 0.2) is 23.2 Å². The standard InChI is InChI=1S/C21H16N4O6/c22-31-18-9-12(28)3-6-15(18)21-24-19(13-4-1-10(26)7-16(13)29)23-20(25-21)14-5-2-11(27)8-17(14)30/h1-9,26-30H,22H2. The summed E-state index contributed by atoms with van der Waals surface area (Å²) in [6.07, 6.45) is 0. The third-order valence-electron chi connectivity index (χ3n) is 4.41. The summed E-state index contributed by atoms with van der Waals surface area (Å²) in [6.45, 7) is 0.